The fraction of sp³-hybridized carbons (Fsp3) is 0.357. The monoisotopic (exact) mass is 276 g/mol. The number of hydrogen-bond acceptors (Lipinski definition) is 4. The second-order valence-corrected chi connectivity index (χ2v) is 4.80. The van der Waals surface area contributed by atoms with Gasteiger partial charge in [-0.2, -0.15) is 0 Å². The number of aryl methyl sites for hydroxylation is 1. The highest BCUT2D eigenvalue weighted by Crippen LogP contribution is 2.23. The van der Waals surface area contributed by atoms with Crippen LogP contribution < -0.4 is 4.90 Å². The molecular formula is C14H17ClN4. The fourth-order valence-electron chi connectivity index (χ4n) is 2.02. The van der Waals surface area contributed by atoms with Gasteiger partial charge in [0.25, 0.3) is 0 Å². The molecule has 0 spiro atoms. The summed E-state index contributed by atoms with van der Waals surface area (Å²) in [7, 11) is 1.99. The molecule has 0 amide bonds. The zero-order valence-corrected chi connectivity index (χ0v) is 12.1. The Morgan fingerprint density at radius 1 is 1.26 bits per heavy atom. The van der Waals surface area contributed by atoms with Crippen molar-refractivity contribution in [3.05, 3.63) is 46.6 Å². The van der Waals surface area contributed by atoms with Crippen molar-refractivity contribution < 1.29 is 0 Å². The van der Waals surface area contributed by atoms with Crippen LogP contribution in [0.5, 0.6) is 0 Å². The maximum absolute atomic E-state index is 6.11. The molecule has 2 heterocycles. The van der Waals surface area contributed by atoms with Gasteiger partial charge < -0.3 is 4.90 Å². The van der Waals surface area contributed by atoms with Crippen LogP contribution in [0.4, 0.5) is 5.82 Å². The second-order valence-electron chi connectivity index (χ2n) is 4.45. The molecule has 0 atom stereocenters. The molecule has 2 aromatic heterocycles. The predicted octanol–water partition coefficient (Wildman–Crippen LogP) is 3.03. The van der Waals surface area contributed by atoms with E-state index in [4.69, 9.17) is 11.6 Å². The molecule has 0 aromatic carbocycles. The Morgan fingerprint density at radius 3 is 2.74 bits per heavy atom. The van der Waals surface area contributed by atoms with Gasteiger partial charge in [-0.3, -0.25) is 4.98 Å². The number of pyridine rings is 1. The lowest BCUT2D eigenvalue weighted by Gasteiger charge is -2.20. The average Bonchev–Trinajstić information content (AvgIpc) is 2.38. The minimum atomic E-state index is 0.525. The third kappa shape index (κ3) is 3.20. The molecule has 4 nitrogen and oxygen atoms in total. The molecule has 0 saturated heterocycles. The minimum absolute atomic E-state index is 0.525. The van der Waals surface area contributed by atoms with Gasteiger partial charge in [0.2, 0.25) is 0 Å². The lowest BCUT2D eigenvalue weighted by molar-refractivity contribution is 0.841. The topological polar surface area (TPSA) is 41.9 Å². The zero-order chi connectivity index (χ0) is 13.8. The van der Waals surface area contributed by atoms with Crippen molar-refractivity contribution in [1.82, 2.24) is 15.0 Å². The van der Waals surface area contributed by atoms with Crippen LogP contribution in [0.15, 0.2) is 24.5 Å². The molecule has 0 aliphatic carbocycles. The Kier molecular flexibility index (Phi) is 4.32. The molecule has 5 heteroatoms. The van der Waals surface area contributed by atoms with E-state index in [9.17, 15) is 0 Å². The number of hydrogen-bond donors (Lipinski definition) is 0. The molecule has 0 radical (unpaired) electrons. The van der Waals surface area contributed by atoms with E-state index in [1.165, 1.54) is 6.33 Å². The van der Waals surface area contributed by atoms with Gasteiger partial charge in [0.05, 0.1) is 12.2 Å². The first-order valence-corrected chi connectivity index (χ1v) is 6.62. The van der Waals surface area contributed by atoms with Crippen LogP contribution in [0.25, 0.3) is 0 Å². The van der Waals surface area contributed by atoms with Gasteiger partial charge in [0.15, 0.2) is 0 Å². The Morgan fingerprint density at radius 2 is 2.05 bits per heavy atom. The van der Waals surface area contributed by atoms with Gasteiger partial charge in [0, 0.05) is 18.3 Å². The number of halogens is 1. The van der Waals surface area contributed by atoms with Crippen molar-refractivity contribution in [2.45, 2.75) is 26.8 Å². The Balaban J connectivity index is 2.25. The summed E-state index contributed by atoms with van der Waals surface area (Å²) in [5.74, 6) is 0.866. The first-order chi connectivity index (χ1) is 9.11. The number of rotatable bonds is 4. The van der Waals surface area contributed by atoms with Gasteiger partial charge in [0.1, 0.15) is 17.3 Å². The standard InChI is InChI=1S/C14H17ClN4/c1-4-12-13(15)16-9-17-14(12)19(3)8-11-7-5-6-10(2)18-11/h5-7,9H,4,8H2,1-3H3. The smallest absolute Gasteiger partial charge is 0.137 e. The first kappa shape index (κ1) is 13.7. The average molecular weight is 277 g/mol. The van der Waals surface area contributed by atoms with E-state index in [1.807, 2.05) is 44.0 Å². The Labute approximate surface area is 118 Å². The van der Waals surface area contributed by atoms with E-state index in [1.54, 1.807) is 0 Å². The van der Waals surface area contributed by atoms with Crippen molar-refractivity contribution >= 4 is 17.4 Å². The maximum Gasteiger partial charge on any atom is 0.137 e. The molecule has 2 aromatic rings. The SMILES string of the molecule is CCc1c(Cl)ncnc1N(C)Cc1cccc(C)n1. The molecule has 0 aliphatic heterocycles. The highest BCUT2D eigenvalue weighted by molar-refractivity contribution is 6.30. The summed E-state index contributed by atoms with van der Waals surface area (Å²) in [4.78, 5) is 14.9. The highest BCUT2D eigenvalue weighted by atomic mass is 35.5. The van der Waals surface area contributed by atoms with Gasteiger partial charge in [-0.15, -0.1) is 0 Å². The number of anilines is 1. The molecule has 0 saturated carbocycles. The quantitative estimate of drug-likeness (QED) is 0.805. The van der Waals surface area contributed by atoms with E-state index in [0.29, 0.717) is 11.7 Å². The summed E-state index contributed by atoms with van der Waals surface area (Å²) < 4.78 is 0. The summed E-state index contributed by atoms with van der Waals surface area (Å²) in [6.45, 7) is 4.73. The summed E-state index contributed by atoms with van der Waals surface area (Å²) >= 11 is 6.11. The normalized spacial score (nSPS) is 10.5. The van der Waals surface area contributed by atoms with Crippen molar-refractivity contribution in [2.75, 3.05) is 11.9 Å². The molecule has 0 bridgehead atoms. The summed E-state index contributed by atoms with van der Waals surface area (Å²) in [5.41, 5.74) is 3.00. The van der Waals surface area contributed by atoms with Crippen molar-refractivity contribution in [3.63, 3.8) is 0 Å². The van der Waals surface area contributed by atoms with E-state index in [0.717, 1.165) is 29.2 Å². The van der Waals surface area contributed by atoms with Gasteiger partial charge >= 0.3 is 0 Å². The van der Waals surface area contributed by atoms with Crippen LogP contribution in [0, 0.1) is 6.92 Å². The van der Waals surface area contributed by atoms with Gasteiger partial charge in [-0.05, 0) is 25.5 Å². The Bertz CT molecular complexity index is 571. The highest BCUT2D eigenvalue weighted by Gasteiger charge is 2.12. The van der Waals surface area contributed by atoms with E-state index < -0.39 is 0 Å². The largest absolute Gasteiger partial charge is 0.353 e. The first-order valence-electron chi connectivity index (χ1n) is 6.25. The zero-order valence-electron chi connectivity index (χ0n) is 11.4. The molecule has 100 valence electrons. The summed E-state index contributed by atoms with van der Waals surface area (Å²) in [6, 6.07) is 6.01. The van der Waals surface area contributed by atoms with Crippen LogP contribution in [0.1, 0.15) is 23.9 Å². The third-order valence-corrected chi connectivity index (χ3v) is 3.26. The van der Waals surface area contributed by atoms with Crippen LogP contribution in [-0.4, -0.2) is 22.0 Å². The van der Waals surface area contributed by atoms with Crippen molar-refractivity contribution in [3.8, 4) is 0 Å². The summed E-state index contributed by atoms with van der Waals surface area (Å²) in [5, 5.41) is 0.525. The predicted molar refractivity (Wildman–Crippen MR) is 77.5 cm³/mol. The number of aromatic nitrogens is 3. The lowest BCUT2D eigenvalue weighted by Crippen LogP contribution is -2.20. The molecule has 2 rings (SSSR count). The maximum atomic E-state index is 6.11. The van der Waals surface area contributed by atoms with Gasteiger partial charge in [-0.25, -0.2) is 9.97 Å². The molecule has 0 N–H and O–H groups in total. The Hall–Kier alpha value is -1.68. The molecule has 0 fully saturated rings. The molecule has 0 unspecified atom stereocenters. The van der Waals surface area contributed by atoms with Crippen molar-refractivity contribution in [1.29, 1.82) is 0 Å². The fourth-order valence-corrected chi connectivity index (χ4v) is 2.28. The minimum Gasteiger partial charge on any atom is -0.353 e. The van der Waals surface area contributed by atoms with E-state index in [-0.39, 0.29) is 0 Å². The molecule has 0 aliphatic rings. The van der Waals surface area contributed by atoms with Crippen LogP contribution in [-0.2, 0) is 13.0 Å². The van der Waals surface area contributed by atoms with Crippen LogP contribution in [0.2, 0.25) is 5.15 Å². The lowest BCUT2D eigenvalue weighted by atomic mass is 10.2. The van der Waals surface area contributed by atoms with Crippen LogP contribution in [0.3, 0.4) is 0 Å². The van der Waals surface area contributed by atoms with E-state index >= 15 is 0 Å². The number of nitrogens with zero attached hydrogens (tertiary/aromatic N) is 4. The summed E-state index contributed by atoms with van der Waals surface area (Å²) in [6.07, 6.45) is 2.30. The molecular weight excluding hydrogens is 260 g/mol. The third-order valence-electron chi connectivity index (χ3n) is 2.93. The molecule has 19 heavy (non-hydrogen) atoms. The second kappa shape index (κ2) is 5.97. The van der Waals surface area contributed by atoms with Crippen molar-refractivity contribution in [2.24, 2.45) is 0 Å². The van der Waals surface area contributed by atoms with Gasteiger partial charge in [-0.1, -0.05) is 24.6 Å². The van der Waals surface area contributed by atoms with Crippen LogP contribution >= 0.6 is 11.6 Å². The van der Waals surface area contributed by atoms with E-state index in [2.05, 4.69) is 15.0 Å².